The van der Waals surface area contributed by atoms with Crippen LogP contribution in [0.2, 0.25) is 0 Å². The van der Waals surface area contributed by atoms with Crippen LogP contribution < -0.4 is 32.3 Å². The summed E-state index contributed by atoms with van der Waals surface area (Å²) >= 11 is 0. The minimum atomic E-state index is -1.66. The molecule has 0 spiro atoms. The number of benzene rings is 1. The highest BCUT2D eigenvalue weighted by atomic mass is 16.4. The van der Waals surface area contributed by atoms with Crippen LogP contribution in [0.15, 0.2) is 42.9 Å². The number of aliphatic hydroxyl groups excluding tert-OH is 2. The summed E-state index contributed by atoms with van der Waals surface area (Å²) < 4.78 is 0. The molecule has 1 fully saturated rings. The number of carbonyl (C=O) groups excluding carboxylic acids is 6. The number of hydrogen-bond acceptors (Lipinski definition) is 12. The first kappa shape index (κ1) is 46.5. The summed E-state index contributed by atoms with van der Waals surface area (Å²) in [5.74, 6) is -8.42. The lowest BCUT2D eigenvalue weighted by atomic mass is 10.0. The lowest BCUT2D eigenvalue weighted by Gasteiger charge is -2.32. The Morgan fingerprint density at radius 3 is 2.05 bits per heavy atom. The first-order valence-corrected chi connectivity index (χ1v) is 18.8. The molecule has 0 unspecified atom stereocenters. The smallest absolute Gasteiger partial charge is 0.328 e. The van der Waals surface area contributed by atoms with Gasteiger partial charge >= 0.3 is 11.9 Å². The van der Waals surface area contributed by atoms with Gasteiger partial charge in [-0.15, -0.1) is 0 Å². The predicted molar refractivity (Wildman–Crippen MR) is 203 cm³/mol. The zero-order valence-corrected chi connectivity index (χ0v) is 32.4. The number of aliphatic carboxylic acids is 2. The molecule has 0 radical (unpaired) electrons. The second-order valence-corrected chi connectivity index (χ2v) is 14.4. The van der Waals surface area contributed by atoms with Crippen molar-refractivity contribution in [2.24, 2.45) is 11.7 Å². The summed E-state index contributed by atoms with van der Waals surface area (Å²) in [4.78, 5) is 112. The fourth-order valence-electron chi connectivity index (χ4n) is 6.23. The molecule has 3 rings (SSSR count). The van der Waals surface area contributed by atoms with E-state index in [4.69, 9.17) is 5.73 Å². The van der Waals surface area contributed by atoms with Gasteiger partial charge < -0.3 is 62.6 Å². The van der Waals surface area contributed by atoms with Crippen molar-refractivity contribution in [1.82, 2.24) is 41.5 Å². The highest BCUT2D eigenvalue weighted by Gasteiger charge is 2.42. The largest absolute Gasteiger partial charge is 0.481 e. The van der Waals surface area contributed by atoms with Crippen molar-refractivity contribution in [3.05, 3.63) is 54.1 Å². The number of carboxylic acid groups (broad SMARTS) is 2. The number of carbonyl (C=O) groups is 8. The number of carboxylic acids is 2. The van der Waals surface area contributed by atoms with Gasteiger partial charge in [-0.3, -0.25) is 33.6 Å². The Balaban J connectivity index is 1.74. The van der Waals surface area contributed by atoms with E-state index in [1.807, 2.05) is 0 Å². The zero-order valence-electron chi connectivity index (χ0n) is 32.4. The lowest BCUT2D eigenvalue weighted by molar-refractivity contribution is -0.145. The van der Waals surface area contributed by atoms with E-state index >= 15 is 0 Å². The standard InChI is InChI=1S/C37H53N9O12/c1-19(2)29(35(55)42-25(15-22-16-39-18-40-22)33(53)43-26(17-47)37(57)58)44-34(54)27-10-7-13-46(27)36(56)30(20(3)48)45-32(52)24(11-12-28(49)50)41-31(51)23(38)14-21-8-5-4-6-9-21/h4-6,8-9,16,18-20,23-27,29-30,47-48H,7,10-15,17,38H2,1-3H3,(H,39,40)(H,41,51)(H,42,55)(H,43,53)(H,44,54)(H,45,52)(H,49,50)(H,57,58)/t20-,23+,24+,25+,26+,27+,29+,30+/m1/s1. The van der Waals surface area contributed by atoms with Crippen molar-refractivity contribution in [3.63, 3.8) is 0 Å². The fraction of sp³-hybridized carbons (Fsp3) is 0.541. The molecule has 12 N–H and O–H groups in total. The van der Waals surface area contributed by atoms with Gasteiger partial charge in [0.2, 0.25) is 35.4 Å². The quantitative estimate of drug-likeness (QED) is 0.0562. The van der Waals surface area contributed by atoms with Crippen LogP contribution in [0.5, 0.6) is 0 Å². The number of hydrogen-bond donors (Lipinski definition) is 11. The van der Waals surface area contributed by atoms with Crippen molar-refractivity contribution < 1.29 is 58.8 Å². The Bertz CT molecular complexity index is 1740. The highest BCUT2D eigenvalue weighted by molar-refractivity contribution is 5.97. The van der Waals surface area contributed by atoms with Crippen molar-refractivity contribution in [2.45, 2.75) is 108 Å². The van der Waals surface area contributed by atoms with Gasteiger partial charge in [-0.1, -0.05) is 44.2 Å². The average Bonchev–Trinajstić information content (AvgIpc) is 3.88. The Kier molecular flexibility index (Phi) is 17.7. The molecule has 1 aliphatic heterocycles. The maximum atomic E-state index is 13.9. The number of H-pyrrole nitrogens is 1. The van der Waals surface area contributed by atoms with Gasteiger partial charge in [0.15, 0.2) is 0 Å². The van der Waals surface area contributed by atoms with Crippen molar-refractivity contribution >= 4 is 47.4 Å². The molecule has 2 aromatic rings. The molecule has 21 nitrogen and oxygen atoms in total. The molecule has 1 aromatic carbocycles. The van der Waals surface area contributed by atoms with Gasteiger partial charge in [-0.25, -0.2) is 9.78 Å². The summed E-state index contributed by atoms with van der Waals surface area (Å²) in [7, 11) is 0. The zero-order chi connectivity index (χ0) is 43.1. The van der Waals surface area contributed by atoms with Crippen molar-refractivity contribution in [1.29, 1.82) is 0 Å². The molecule has 0 bridgehead atoms. The highest BCUT2D eigenvalue weighted by Crippen LogP contribution is 2.21. The second kappa shape index (κ2) is 22.1. The normalized spacial score (nSPS) is 17.4. The summed E-state index contributed by atoms with van der Waals surface area (Å²) in [6, 6.07) is -0.849. The Morgan fingerprint density at radius 1 is 0.845 bits per heavy atom. The molecule has 1 aromatic heterocycles. The Morgan fingerprint density at radius 2 is 1.48 bits per heavy atom. The van der Waals surface area contributed by atoms with E-state index < -0.39 is 115 Å². The topological polar surface area (TPSA) is 336 Å². The third kappa shape index (κ3) is 13.6. The van der Waals surface area contributed by atoms with Gasteiger partial charge in [0.25, 0.3) is 0 Å². The number of amides is 6. The number of nitrogens with one attached hydrogen (secondary N) is 6. The number of aromatic nitrogens is 2. The average molecular weight is 816 g/mol. The third-order valence-corrected chi connectivity index (χ3v) is 9.46. The second-order valence-electron chi connectivity index (χ2n) is 14.4. The van der Waals surface area contributed by atoms with Crippen LogP contribution in [0.3, 0.4) is 0 Å². The number of rotatable bonds is 22. The van der Waals surface area contributed by atoms with E-state index in [-0.39, 0.29) is 32.2 Å². The maximum absolute atomic E-state index is 13.9. The predicted octanol–water partition coefficient (Wildman–Crippen LogP) is -3.08. The molecule has 2 heterocycles. The molecule has 21 heteroatoms. The first-order valence-electron chi connectivity index (χ1n) is 18.8. The molecule has 58 heavy (non-hydrogen) atoms. The first-order chi connectivity index (χ1) is 27.4. The summed E-state index contributed by atoms with van der Waals surface area (Å²) in [6.45, 7) is 3.57. The van der Waals surface area contributed by atoms with Crippen molar-refractivity contribution in [3.8, 4) is 0 Å². The number of aliphatic hydroxyl groups is 2. The number of nitrogens with zero attached hydrogens (tertiary/aromatic N) is 2. The molecule has 1 saturated heterocycles. The van der Waals surface area contributed by atoms with Crippen LogP contribution >= 0.6 is 0 Å². The number of aromatic amines is 1. The lowest BCUT2D eigenvalue weighted by Crippen LogP contribution is -2.62. The molecule has 318 valence electrons. The van der Waals surface area contributed by atoms with E-state index in [1.165, 1.54) is 19.4 Å². The molecule has 1 aliphatic rings. The minimum Gasteiger partial charge on any atom is -0.481 e. The SMILES string of the molecule is CC(C)[C@H](NC(=O)[C@@H]1CCCN1C(=O)[C@@H](NC(=O)[C@H](CCC(=O)O)NC(=O)[C@@H](N)Cc1ccccc1)[C@@H](C)O)C(=O)N[C@@H](Cc1cnc[nH]1)C(=O)N[C@@H](CO)C(=O)O. The minimum absolute atomic E-state index is 0.0318. The number of imidazole rings is 1. The molecule has 6 amide bonds. The van der Waals surface area contributed by atoms with Gasteiger partial charge in [0, 0.05) is 31.3 Å². The van der Waals surface area contributed by atoms with Crippen LogP contribution in [0.25, 0.3) is 0 Å². The fourth-order valence-corrected chi connectivity index (χ4v) is 6.23. The van der Waals surface area contributed by atoms with E-state index in [0.29, 0.717) is 12.1 Å². The number of nitrogens with two attached hydrogens (primary N) is 1. The summed E-state index contributed by atoms with van der Waals surface area (Å²) in [6.07, 6.45) is 0.736. The van der Waals surface area contributed by atoms with Crippen LogP contribution in [-0.2, 0) is 51.2 Å². The van der Waals surface area contributed by atoms with Gasteiger partial charge in [0.05, 0.1) is 25.1 Å². The van der Waals surface area contributed by atoms with E-state index in [2.05, 4.69) is 36.6 Å². The van der Waals surface area contributed by atoms with Crippen LogP contribution in [0.1, 0.15) is 57.7 Å². The molecule has 0 aliphatic carbocycles. The van der Waals surface area contributed by atoms with E-state index in [1.54, 1.807) is 44.2 Å². The summed E-state index contributed by atoms with van der Waals surface area (Å²) in [5, 5.41) is 50.8. The van der Waals surface area contributed by atoms with Crippen molar-refractivity contribution in [2.75, 3.05) is 13.2 Å². The number of likely N-dealkylation sites (tertiary alicyclic amines) is 1. The van der Waals surface area contributed by atoms with Gasteiger partial charge in [0.1, 0.15) is 36.3 Å². The molecular weight excluding hydrogens is 762 g/mol. The van der Waals surface area contributed by atoms with E-state index in [0.717, 1.165) is 10.5 Å². The maximum Gasteiger partial charge on any atom is 0.328 e. The monoisotopic (exact) mass is 815 g/mol. The molecule has 0 saturated carbocycles. The third-order valence-electron chi connectivity index (χ3n) is 9.46. The Labute approximate surface area is 333 Å². The van der Waals surface area contributed by atoms with Crippen LogP contribution in [0.4, 0.5) is 0 Å². The van der Waals surface area contributed by atoms with Crippen LogP contribution in [0, 0.1) is 5.92 Å². The van der Waals surface area contributed by atoms with Gasteiger partial charge in [-0.05, 0) is 44.1 Å². The van der Waals surface area contributed by atoms with E-state index in [9.17, 15) is 58.8 Å². The Hall–Kier alpha value is -5.93. The van der Waals surface area contributed by atoms with Gasteiger partial charge in [-0.2, -0.15) is 0 Å². The summed E-state index contributed by atoms with van der Waals surface area (Å²) in [5.41, 5.74) is 7.22. The molecule has 8 atom stereocenters. The van der Waals surface area contributed by atoms with Crippen LogP contribution in [-0.4, -0.2) is 144 Å². The molecular formula is C37H53N9O12.